The van der Waals surface area contributed by atoms with Crippen LogP contribution in [-0.2, 0) is 14.2 Å². The quantitative estimate of drug-likeness (QED) is 0.563. The van der Waals surface area contributed by atoms with Crippen molar-refractivity contribution >= 4 is 33.8 Å². The highest BCUT2D eigenvalue weighted by atomic mass is 127. The first-order valence-corrected chi connectivity index (χ1v) is 8.46. The van der Waals surface area contributed by atoms with E-state index in [0.29, 0.717) is 9.48 Å². The van der Waals surface area contributed by atoms with Crippen LogP contribution in [0.1, 0.15) is 25.8 Å². The molecule has 2 fully saturated rings. The summed E-state index contributed by atoms with van der Waals surface area (Å²) in [6, 6.07) is 0. The van der Waals surface area contributed by atoms with Gasteiger partial charge >= 0.3 is 0 Å². The first-order valence-electron chi connectivity index (χ1n) is 7.38. The molecule has 124 valence electrons. The summed E-state index contributed by atoms with van der Waals surface area (Å²) in [6.07, 6.45) is 0.144. The molecule has 4 unspecified atom stereocenters. The molecule has 1 N–H and O–H groups in total. The van der Waals surface area contributed by atoms with Gasteiger partial charge in [0.2, 0.25) is 0 Å². The molecule has 2 saturated heterocycles. The van der Waals surface area contributed by atoms with Gasteiger partial charge in [0.25, 0.3) is 0 Å². The van der Waals surface area contributed by atoms with Crippen molar-refractivity contribution in [2.75, 3.05) is 6.61 Å². The smallest absolute Gasteiger partial charge is 0.193 e. The summed E-state index contributed by atoms with van der Waals surface area (Å²) in [5.74, 6) is -0.708. The van der Waals surface area contributed by atoms with Crippen molar-refractivity contribution in [2.45, 2.75) is 51.1 Å². The third-order valence-corrected chi connectivity index (χ3v) is 4.63. The summed E-state index contributed by atoms with van der Waals surface area (Å²) in [5, 5.41) is 9.59. The number of fused-ring (bicyclic) bond motifs is 2. The molecule has 4 rings (SSSR count). The zero-order valence-electron chi connectivity index (χ0n) is 12.9. The number of aliphatic hydroxyl groups excluding tert-OH is 1. The van der Waals surface area contributed by atoms with Crippen molar-refractivity contribution in [3.05, 3.63) is 15.9 Å². The minimum Gasteiger partial charge on any atom is -0.394 e. The third kappa shape index (κ3) is 2.45. The second kappa shape index (κ2) is 5.31. The van der Waals surface area contributed by atoms with E-state index in [0.717, 1.165) is 11.2 Å². The fourth-order valence-corrected chi connectivity index (χ4v) is 3.83. The van der Waals surface area contributed by atoms with E-state index in [-0.39, 0.29) is 18.8 Å². The molecule has 0 saturated carbocycles. The number of hydrogen-bond acceptors (Lipinski definition) is 7. The van der Waals surface area contributed by atoms with Gasteiger partial charge in [-0.1, -0.05) is 0 Å². The van der Waals surface area contributed by atoms with Gasteiger partial charge in [-0.15, -0.1) is 0 Å². The molecular weight excluding hydrogens is 415 g/mol. The average molecular weight is 432 g/mol. The van der Waals surface area contributed by atoms with Crippen LogP contribution in [0.5, 0.6) is 0 Å². The summed E-state index contributed by atoms with van der Waals surface area (Å²) in [6.45, 7) is 5.49. The van der Waals surface area contributed by atoms with Crippen molar-refractivity contribution in [3.8, 4) is 0 Å². The highest BCUT2D eigenvalue weighted by molar-refractivity contribution is 14.1. The Kier molecular flexibility index (Phi) is 3.61. The fraction of sp³-hybridized carbons (Fsp3) is 0.643. The molecule has 2 aliphatic rings. The van der Waals surface area contributed by atoms with E-state index in [1.165, 1.54) is 0 Å². The van der Waals surface area contributed by atoms with E-state index in [1.54, 1.807) is 6.33 Å². The molecule has 0 aromatic carbocycles. The van der Waals surface area contributed by atoms with Crippen molar-refractivity contribution < 1.29 is 19.3 Å². The normalized spacial score (nSPS) is 32.6. The van der Waals surface area contributed by atoms with Crippen LogP contribution in [0.15, 0.2) is 6.33 Å². The van der Waals surface area contributed by atoms with Crippen LogP contribution in [0.3, 0.4) is 0 Å². The first kappa shape index (κ1) is 15.6. The zero-order chi connectivity index (χ0) is 16.4. The molecular formula is C14H17IN4O4. The number of aliphatic hydroxyl groups is 1. The van der Waals surface area contributed by atoms with Gasteiger partial charge in [0.1, 0.15) is 23.8 Å². The maximum absolute atomic E-state index is 9.59. The van der Waals surface area contributed by atoms with Crippen molar-refractivity contribution in [3.63, 3.8) is 0 Å². The Morgan fingerprint density at radius 3 is 2.78 bits per heavy atom. The van der Waals surface area contributed by atoms with Gasteiger partial charge in [-0.2, -0.15) is 0 Å². The molecule has 0 spiro atoms. The topological polar surface area (TPSA) is 91.5 Å². The Morgan fingerprint density at radius 1 is 1.30 bits per heavy atom. The Morgan fingerprint density at radius 2 is 2.04 bits per heavy atom. The Balaban J connectivity index is 1.79. The molecule has 4 atom stereocenters. The Labute approximate surface area is 146 Å². The van der Waals surface area contributed by atoms with Gasteiger partial charge in [-0.05, 0) is 20.8 Å². The van der Waals surface area contributed by atoms with Gasteiger partial charge < -0.3 is 19.3 Å². The molecule has 0 amide bonds. The van der Waals surface area contributed by atoms with Crippen LogP contribution in [0, 0.1) is 10.8 Å². The molecule has 0 aliphatic carbocycles. The minimum atomic E-state index is -0.708. The van der Waals surface area contributed by atoms with Crippen LogP contribution in [0.2, 0.25) is 0 Å². The predicted molar refractivity (Wildman–Crippen MR) is 87.6 cm³/mol. The van der Waals surface area contributed by atoms with Gasteiger partial charge in [0.15, 0.2) is 21.5 Å². The van der Waals surface area contributed by atoms with Gasteiger partial charge in [-0.3, -0.25) is 4.57 Å². The number of ether oxygens (including phenoxy) is 3. The maximum atomic E-state index is 9.59. The molecule has 8 nitrogen and oxygen atoms in total. The summed E-state index contributed by atoms with van der Waals surface area (Å²) >= 11 is 2.08. The molecule has 4 heterocycles. The molecule has 9 heteroatoms. The second-order valence-electron chi connectivity index (χ2n) is 6.21. The lowest BCUT2D eigenvalue weighted by atomic mass is 10.1. The predicted octanol–water partition coefficient (Wildman–Crippen LogP) is 1.15. The van der Waals surface area contributed by atoms with Gasteiger partial charge in [0.05, 0.1) is 18.6 Å². The van der Waals surface area contributed by atoms with Crippen molar-refractivity contribution in [2.24, 2.45) is 0 Å². The number of imidazole rings is 1. The van der Waals surface area contributed by atoms with E-state index in [9.17, 15) is 5.11 Å². The van der Waals surface area contributed by atoms with E-state index < -0.39 is 18.1 Å². The molecule has 2 aromatic heterocycles. The average Bonchev–Trinajstić information content (AvgIpc) is 3.09. The van der Waals surface area contributed by atoms with Crippen LogP contribution in [0.4, 0.5) is 0 Å². The summed E-state index contributed by atoms with van der Waals surface area (Å²) in [4.78, 5) is 13.2. The number of aromatic nitrogens is 4. The Hall–Kier alpha value is -0.880. The standard InChI is InChI=1S/C14H17IN4O4/c1-6-8-11(18-13(15)17-6)19(5-16-8)12-10-9(7(4-20)21-12)22-14(2,3)23-10/h5,7,9-10,12,20H,4H2,1-3H3. The molecule has 23 heavy (non-hydrogen) atoms. The van der Waals surface area contributed by atoms with Crippen molar-refractivity contribution in [1.82, 2.24) is 19.5 Å². The molecule has 2 aliphatic heterocycles. The highest BCUT2D eigenvalue weighted by Gasteiger charge is 2.55. The maximum Gasteiger partial charge on any atom is 0.193 e. The largest absolute Gasteiger partial charge is 0.394 e. The molecule has 0 radical (unpaired) electrons. The molecule has 0 bridgehead atoms. The molecule has 2 aromatic rings. The van der Waals surface area contributed by atoms with Crippen LogP contribution < -0.4 is 0 Å². The first-order chi connectivity index (χ1) is 10.9. The summed E-state index contributed by atoms with van der Waals surface area (Å²) in [5.41, 5.74) is 2.24. The van der Waals surface area contributed by atoms with Crippen LogP contribution in [0.25, 0.3) is 11.2 Å². The number of halogens is 1. The summed E-state index contributed by atoms with van der Waals surface area (Å²) < 4.78 is 20.3. The lowest BCUT2D eigenvalue weighted by Gasteiger charge is -2.24. The lowest BCUT2D eigenvalue weighted by Crippen LogP contribution is -2.31. The van der Waals surface area contributed by atoms with E-state index in [1.807, 2.05) is 25.3 Å². The zero-order valence-corrected chi connectivity index (χ0v) is 15.1. The van der Waals surface area contributed by atoms with Crippen molar-refractivity contribution in [1.29, 1.82) is 0 Å². The SMILES string of the molecule is Cc1nc(I)nc2c1ncn2C1OC(CO)C2OC(C)(C)OC21. The highest BCUT2D eigenvalue weighted by Crippen LogP contribution is 2.43. The number of nitrogens with zero attached hydrogens (tertiary/aromatic N) is 4. The van der Waals surface area contributed by atoms with Crippen LogP contribution in [-0.4, -0.2) is 55.3 Å². The number of aryl methyl sites for hydroxylation is 1. The Bertz CT molecular complexity index is 765. The lowest BCUT2D eigenvalue weighted by molar-refractivity contribution is -0.199. The fourth-order valence-electron chi connectivity index (χ4n) is 3.24. The van der Waals surface area contributed by atoms with Gasteiger partial charge in [-0.25, -0.2) is 15.0 Å². The van der Waals surface area contributed by atoms with E-state index in [4.69, 9.17) is 14.2 Å². The second-order valence-corrected chi connectivity index (χ2v) is 7.18. The number of hydrogen-bond donors (Lipinski definition) is 1. The van der Waals surface area contributed by atoms with E-state index >= 15 is 0 Å². The van der Waals surface area contributed by atoms with Crippen LogP contribution >= 0.6 is 22.6 Å². The third-order valence-electron chi connectivity index (χ3n) is 4.15. The monoisotopic (exact) mass is 432 g/mol. The van der Waals surface area contributed by atoms with E-state index in [2.05, 4.69) is 37.5 Å². The van der Waals surface area contributed by atoms with Gasteiger partial charge in [0, 0.05) is 22.6 Å². The number of rotatable bonds is 2. The summed E-state index contributed by atoms with van der Waals surface area (Å²) in [7, 11) is 0. The minimum absolute atomic E-state index is 0.130.